The summed E-state index contributed by atoms with van der Waals surface area (Å²) in [7, 11) is 0. The second-order valence-corrected chi connectivity index (χ2v) is 6.76. The highest BCUT2D eigenvalue weighted by Crippen LogP contribution is 2.39. The van der Waals surface area contributed by atoms with Crippen molar-refractivity contribution in [1.82, 2.24) is 9.97 Å². The number of halogens is 1. The van der Waals surface area contributed by atoms with Gasteiger partial charge in [-0.1, -0.05) is 25.4 Å². The first-order chi connectivity index (χ1) is 8.53. The summed E-state index contributed by atoms with van der Waals surface area (Å²) in [5.41, 5.74) is 0.370. The van der Waals surface area contributed by atoms with Gasteiger partial charge in [-0.25, -0.2) is 9.97 Å². The van der Waals surface area contributed by atoms with Crippen molar-refractivity contribution in [3.63, 3.8) is 0 Å². The van der Waals surface area contributed by atoms with Gasteiger partial charge in [0, 0.05) is 25.1 Å². The summed E-state index contributed by atoms with van der Waals surface area (Å²) < 4.78 is 0. The normalized spacial score (nSPS) is 23.2. The number of hydrogen-bond acceptors (Lipinski definition) is 3. The van der Waals surface area contributed by atoms with Gasteiger partial charge in [0.15, 0.2) is 0 Å². The van der Waals surface area contributed by atoms with Crippen LogP contribution in [0.25, 0.3) is 0 Å². The highest BCUT2D eigenvalue weighted by atomic mass is 35.5. The van der Waals surface area contributed by atoms with E-state index in [0.29, 0.717) is 16.5 Å². The fraction of sp³-hybridized carbons (Fsp3) is 0.714. The van der Waals surface area contributed by atoms with Crippen LogP contribution in [0.15, 0.2) is 6.07 Å². The Morgan fingerprint density at radius 2 is 2.11 bits per heavy atom. The maximum absolute atomic E-state index is 6.13. The molecule has 0 amide bonds. The smallest absolute Gasteiger partial charge is 0.135 e. The van der Waals surface area contributed by atoms with Gasteiger partial charge in [-0.2, -0.15) is 0 Å². The minimum Gasteiger partial charge on any atom is -0.356 e. The first kappa shape index (κ1) is 12.2. The lowest BCUT2D eigenvalue weighted by molar-refractivity contribution is 0.292. The molecule has 18 heavy (non-hydrogen) atoms. The summed E-state index contributed by atoms with van der Waals surface area (Å²) in [6, 6.07) is 1.91. The zero-order chi connectivity index (χ0) is 12.8. The van der Waals surface area contributed by atoms with Gasteiger partial charge in [0.25, 0.3) is 0 Å². The average Bonchev–Trinajstić information content (AvgIpc) is 3.10. The van der Waals surface area contributed by atoms with Crippen LogP contribution in [0.4, 0.5) is 5.82 Å². The lowest BCUT2D eigenvalue weighted by Gasteiger charge is -2.38. The highest BCUT2D eigenvalue weighted by Gasteiger charge is 2.30. The Balaban J connectivity index is 1.86. The SMILES string of the molecule is CC1(C)CCCN(c2cc(Cl)nc(C3CC3)n2)C1. The van der Waals surface area contributed by atoms with Crippen molar-refractivity contribution >= 4 is 17.4 Å². The number of nitrogens with zero attached hydrogens (tertiary/aromatic N) is 3. The van der Waals surface area contributed by atoms with Crippen molar-refractivity contribution in [2.24, 2.45) is 5.41 Å². The van der Waals surface area contributed by atoms with Crippen molar-refractivity contribution in [1.29, 1.82) is 0 Å². The first-order valence-electron chi connectivity index (χ1n) is 6.83. The van der Waals surface area contributed by atoms with Gasteiger partial charge in [-0.3, -0.25) is 0 Å². The van der Waals surface area contributed by atoms with Gasteiger partial charge in [0.2, 0.25) is 0 Å². The molecule has 0 aromatic carbocycles. The van der Waals surface area contributed by atoms with Gasteiger partial charge in [-0.05, 0) is 31.1 Å². The Morgan fingerprint density at radius 1 is 1.33 bits per heavy atom. The van der Waals surface area contributed by atoms with Gasteiger partial charge >= 0.3 is 0 Å². The number of anilines is 1. The monoisotopic (exact) mass is 265 g/mol. The van der Waals surface area contributed by atoms with Gasteiger partial charge in [-0.15, -0.1) is 0 Å². The van der Waals surface area contributed by atoms with E-state index in [4.69, 9.17) is 16.6 Å². The highest BCUT2D eigenvalue weighted by molar-refractivity contribution is 6.29. The molecule has 1 aliphatic heterocycles. The summed E-state index contributed by atoms with van der Waals surface area (Å²) in [5.74, 6) is 2.52. The number of rotatable bonds is 2. The van der Waals surface area contributed by atoms with Crippen LogP contribution in [0.3, 0.4) is 0 Å². The molecular weight excluding hydrogens is 246 g/mol. The third kappa shape index (κ3) is 2.61. The standard InChI is InChI=1S/C14H20ClN3/c1-14(2)6-3-7-18(9-14)12-8-11(15)16-13(17-12)10-4-5-10/h8,10H,3-7,9H2,1-2H3. The second kappa shape index (κ2) is 4.37. The van der Waals surface area contributed by atoms with Crippen LogP contribution < -0.4 is 4.90 Å². The average molecular weight is 266 g/mol. The van der Waals surface area contributed by atoms with Crippen LogP contribution in [0.5, 0.6) is 0 Å². The molecule has 98 valence electrons. The molecule has 0 N–H and O–H groups in total. The van der Waals surface area contributed by atoms with Crippen LogP contribution in [0.1, 0.15) is 51.3 Å². The Bertz CT molecular complexity index is 454. The van der Waals surface area contributed by atoms with E-state index in [1.54, 1.807) is 0 Å². The molecule has 0 atom stereocenters. The van der Waals surface area contributed by atoms with E-state index in [2.05, 4.69) is 23.7 Å². The zero-order valence-electron chi connectivity index (χ0n) is 11.1. The summed E-state index contributed by atoms with van der Waals surface area (Å²) >= 11 is 6.13. The minimum absolute atomic E-state index is 0.370. The van der Waals surface area contributed by atoms with Gasteiger partial charge in [0.05, 0.1) is 0 Å². The summed E-state index contributed by atoms with van der Waals surface area (Å²) in [6.45, 7) is 6.79. The number of piperidine rings is 1. The van der Waals surface area contributed by atoms with Crippen LogP contribution in [-0.2, 0) is 0 Å². The molecule has 1 aromatic heterocycles. The maximum Gasteiger partial charge on any atom is 0.135 e. The summed E-state index contributed by atoms with van der Waals surface area (Å²) in [5, 5.41) is 0.588. The molecule has 4 heteroatoms. The second-order valence-electron chi connectivity index (χ2n) is 6.37. The lowest BCUT2D eigenvalue weighted by Crippen LogP contribution is -2.40. The maximum atomic E-state index is 6.13. The topological polar surface area (TPSA) is 29.0 Å². The van der Waals surface area contributed by atoms with E-state index >= 15 is 0 Å². The molecule has 1 saturated heterocycles. The predicted molar refractivity (Wildman–Crippen MR) is 74.2 cm³/mol. The third-order valence-corrected chi connectivity index (χ3v) is 4.06. The first-order valence-corrected chi connectivity index (χ1v) is 7.21. The Morgan fingerprint density at radius 3 is 2.78 bits per heavy atom. The van der Waals surface area contributed by atoms with E-state index in [0.717, 1.165) is 24.7 Å². The lowest BCUT2D eigenvalue weighted by atomic mass is 9.84. The zero-order valence-corrected chi connectivity index (χ0v) is 11.9. The summed E-state index contributed by atoms with van der Waals surface area (Å²) in [6.07, 6.45) is 4.95. The molecule has 1 aromatic rings. The molecule has 3 rings (SSSR count). The molecule has 0 radical (unpaired) electrons. The fourth-order valence-electron chi connectivity index (χ4n) is 2.73. The minimum atomic E-state index is 0.370. The third-order valence-electron chi connectivity index (χ3n) is 3.87. The van der Waals surface area contributed by atoms with E-state index in [9.17, 15) is 0 Å². The molecule has 1 aliphatic carbocycles. The largest absolute Gasteiger partial charge is 0.356 e. The molecule has 2 heterocycles. The van der Waals surface area contributed by atoms with Crippen molar-refractivity contribution in [3.05, 3.63) is 17.0 Å². The van der Waals surface area contributed by atoms with Crippen molar-refractivity contribution in [3.8, 4) is 0 Å². The molecule has 1 saturated carbocycles. The Kier molecular flexibility index (Phi) is 2.97. The molecule has 0 unspecified atom stereocenters. The van der Waals surface area contributed by atoms with Crippen molar-refractivity contribution < 1.29 is 0 Å². The molecule has 3 nitrogen and oxygen atoms in total. The predicted octanol–water partition coefficient (Wildman–Crippen LogP) is 3.63. The number of aromatic nitrogens is 2. The molecule has 0 bridgehead atoms. The van der Waals surface area contributed by atoms with Crippen LogP contribution in [-0.4, -0.2) is 23.1 Å². The van der Waals surface area contributed by atoms with Crippen LogP contribution >= 0.6 is 11.6 Å². The van der Waals surface area contributed by atoms with Gasteiger partial charge in [0.1, 0.15) is 16.8 Å². The number of hydrogen-bond donors (Lipinski definition) is 0. The Labute approximate surface area is 114 Å². The Hall–Kier alpha value is -0.830. The summed E-state index contributed by atoms with van der Waals surface area (Å²) in [4.78, 5) is 11.4. The molecule has 2 aliphatic rings. The van der Waals surface area contributed by atoms with Crippen molar-refractivity contribution in [2.75, 3.05) is 18.0 Å². The van der Waals surface area contributed by atoms with Gasteiger partial charge < -0.3 is 4.90 Å². The molecule has 2 fully saturated rings. The van der Waals surface area contributed by atoms with E-state index in [-0.39, 0.29) is 0 Å². The van der Waals surface area contributed by atoms with Crippen LogP contribution in [0, 0.1) is 5.41 Å². The molecular formula is C14H20ClN3. The van der Waals surface area contributed by atoms with Crippen LogP contribution in [0.2, 0.25) is 5.15 Å². The quantitative estimate of drug-likeness (QED) is 0.765. The van der Waals surface area contributed by atoms with E-state index in [1.165, 1.54) is 25.7 Å². The van der Waals surface area contributed by atoms with E-state index in [1.807, 2.05) is 6.07 Å². The van der Waals surface area contributed by atoms with Crippen molar-refractivity contribution in [2.45, 2.75) is 45.4 Å². The fourth-order valence-corrected chi connectivity index (χ4v) is 2.91. The molecule has 0 spiro atoms. The van der Waals surface area contributed by atoms with E-state index < -0.39 is 0 Å².